The summed E-state index contributed by atoms with van der Waals surface area (Å²) in [5, 5.41) is 21.6. The Morgan fingerprint density at radius 2 is 2.00 bits per heavy atom. The van der Waals surface area contributed by atoms with Crippen LogP contribution in [0, 0.1) is 17.1 Å². The maximum absolute atomic E-state index is 14.4. The van der Waals surface area contributed by atoms with Crippen LogP contribution in [-0.4, -0.2) is 35.2 Å². The number of thioether (sulfide) groups is 1. The smallest absolute Gasteiger partial charge is 0.312 e. The first-order chi connectivity index (χ1) is 16.0. The molecule has 0 saturated carbocycles. The van der Waals surface area contributed by atoms with Crippen molar-refractivity contribution in [3.05, 3.63) is 69.8 Å². The number of sulfonamides is 1. The van der Waals surface area contributed by atoms with Gasteiger partial charge in [-0.05, 0) is 29.8 Å². The quantitative estimate of drug-likeness (QED) is 0.399. The Hall–Kier alpha value is -3.18. The number of rotatable bonds is 9. The highest BCUT2D eigenvalue weighted by atomic mass is 35.5. The third-order valence-corrected chi connectivity index (χ3v) is 6.64. The average Bonchev–Trinajstić information content (AvgIpc) is 3.18. The molecule has 1 amide bonds. The predicted octanol–water partition coefficient (Wildman–Crippen LogP) is 2.43. The second-order valence-electron chi connectivity index (χ2n) is 7.06. The Kier molecular flexibility index (Phi) is 8.11. The Morgan fingerprint density at radius 1 is 1.24 bits per heavy atom. The fourth-order valence-corrected chi connectivity index (χ4v) is 4.72. The molecule has 2 aromatic carbocycles. The summed E-state index contributed by atoms with van der Waals surface area (Å²) in [4.78, 5) is 14.8. The number of carbonyl (C=O) groups excluding carboxylic acids is 1. The van der Waals surface area contributed by atoms with Crippen molar-refractivity contribution >= 4 is 45.3 Å². The van der Waals surface area contributed by atoms with E-state index < -0.39 is 21.7 Å². The number of nitrogens with zero attached hydrogens (tertiary/aromatic N) is 4. The highest BCUT2D eigenvalue weighted by Gasteiger charge is 2.20. The summed E-state index contributed by atoms with van der Waals surface area (Å²) in [5.74, 6) is -1.50. The fourth-order valence-electron chi connectivity index (χ4n) is 2.89. The number of halogens is 2. The molecule has 0 radical (unpaired) electrons. The minimum atomic E-state index is -3.74. The molecular formula is C20H18ClFN6O4S2. The van der Waals surface area contributed by atoms with Crippen LogP contribution in [0.5, 0.6) is 0 Å². The van der Waals surface area contributed by atoms with Gasteiger partial charge in [-0.25, -0.2) is 17.9 Å². The lowest BCUT2D eigenvalue weighted by atomic mass is 10.1. The third-order valence-electron chi connectivity index (χ3n) is 4.42. The summed E-state index contributed by atoms with van der Waals surface area (Å²) in [6.07, 6.45) is 0. The fraction of sp³-hybridized carbons (Fsp3) is 0.200. The van der Waals surface area contributed by atoms with Crippen molar-refractivity contribution < 1.29 is 22.0 Å². The summed E-state index contributed by atoms with van der Waals surface area (Å²) in [6.45, 7) is -0.277. The van der Waals surface area contributed by atoms with Crippen molar-refractivity contribution in [3.63, 3.8) is 0 Å². The van der Waals surface area contributed by atoms with E-state index in [2.05, 4.69) is 10.2 Å². The van der Waals surface area contributed by atoms with Gasteiger partial charge in [0.05, 0.1) is 34.7 Å². The molecule has 0 aliphatic rings. The van der Waals surface area contributed by atoms with E-state index >= 15 is 0 Å². The molecule has 4 N–H and O–H groups in total. The van der Waals surface area contributed by atoms with E-state index in [-0.39, 0.29) is 47.6 Å². The van der Waals surface area contributed by atoms with Gasteiger partial charge in [-0.2, -0.15) is 5.26 Å². The molecule has 14 heteroatoms. The van der Waals surface area contributed by atoms with E-state index in [1.165, 1.54) is 35.2 Å². The van der Waals surface area contributed by atoms with E-state index in [4.69, 9.17) is 32.2 Å². The van der Waals surface area contributed by atoms with E-state index in [1.807, 2.05) is 6.07 Å². The number of nitriles is 1. The lowest BCUT2D eigenvalue weighted by Crippen LogP contribution is -2.32. The Morgan fingerprint density at radius 3 is 2.62 bits per heavy atom. The number of benzene rings is 2. The maximum Gasteiger partial charge on any atom is 0.312 e. The topological polar surface area (TPSA) is 169 Å². The largest absolute Gasteiger partial charge is 0.406 e. The zero-order valence-corrected chi connectivity index (χ0v) is 19.8. The zero-order chi connectivity index (χ0) is 24.9. The molecule has 1 heterocycles. The molecule has 0 atom stereocenters. The van der Waals surface area contributed by atoms with Gasteiger partial charge in [0.15, 0.2) is 0 Å². The molecule has 0 bridgehead atoms. The van der Waals surface area contributed by atoms with Crippen LogP contribution in [0.25, 0.3) is 0 Å². The van der Waals surface area contributed by atoms with Crippen LogP contribution in [-0.2, 0) is 33.7 Å². The van der Waals surface area contributed by atoms with Gasteiger partial charge >= 0.3 is 6.01 Å². The minimum absolute atomic E-state index is 0.0538. The monoisotopic (exact) mass is 524 g/mol. The first-order valence-corrected chi connectivity index (χ1v) is 12.6. The van der Waals surface area contributed by atoms with Crippen molar-refractivity contribution in [2.24, 2.45) is 5.14 Å². The average molecular weight is 525 g/mol. The van der Waals surface area contributed by atoms with Crippen LogP contribution >= 0.6 is 23.4 Å². The molecule has 3 rings (SSSR count). The molecule has 0 fully saturated rings. The second-order valence-corrected chi connectivity index (χ2v) is 10.1. The van der Waals surface area contributed by atoms with Crippen LogP contribution in [0.1, 0.15) is 22.6 Å². The molecule has 0 aliphatic carbocycles. The molecule has 0 unspecified atom stereocenters. The molecule has 0 saturated heterocycles. The van der Waals surface area contributed by atoms with Crippen LogP contribution in [0.2, 0.25) is 5.02 Å². The van der Waals surface area contributed by atoms with E-state index in [0.717, 1.165) is 17.8 Å². The van der Waals surface area contributed by atoms with Crippen LogP contribution in [0.3, 0.4) is 0 Å². The summed E-state index contributed by atoms with van der Waals surface area (Å²) in [5.41, 5.74) is 6.19. The first kappa shape index (κ1) is 25.4. The van der Waals surface area contributed by atoms with E-state index in [9.17, 15) is 17.6 Å². The predicted molar refractivity (Wildman–Crippen MR) is 123 cm³/mol. The lowest BCUT2D eigenvalue weighted by molar-refractivity contribution is -0.129. The van der Waals surface area contributed by atoms with Gasteiger partial charge in [0, 0.05) is 17.0 Å². The maximum atomic E-state index is 14.4. The van der Waals surface area contributed by atoms with Gasteiger partial charge in [0.1, 0.15) is 5.82 Å². The van der Waals surface area contributed by atoms with Crippen LogP contribution < -0.4 is 10.9 Å². The summed E-state index contributed by atoms with van der Waals surface area (Å²) in [7, 11) is -3.74. The van der Waals surface area contributed by atoms with E-state index in [0.29, 0.717) is 15.5 Å². The van der Waals surface area contributed by atoms with Gasteiger partial charge in [0.2, 0.25) is 21.8 Å². The van der Waals surface area contributed by atoms with Gasteiger partial charge < -0.3 is 15.1 Å². The van der Waals surface area contributed by atoms with Crippen molar-refractivity contribution in [1.29, 1.82) is 5.26 Å². The van der Waals surface area contributed by atoms with E-state index in [1.54, 1.807) is 0 Å². The number of nitrogen functional groups attached to an aromatic ring is 1. The number of amides is 1. The Labute approximate surface area is 203 Å². The standard InChI is InChI=1S/C20H18ClFN6O4S2/c21-15-4-2-13(11-34(25,30)31)6-17(15)33-10-19(29)28(9-18-26-27-20(24)32-18)8-14-3-1-12(7-23)5-16(14)22/h1-6H,8-11H2,(H2,24,27)(H2,25,30,31). The zero-order valence-electron chi connectivity index (χ0n) is 17.4. The molecule has 1 aromatic heterocycles. The summed E-state index contributed by atoms with van der Waals surface area (Å²) >= 11 is 7.27. The first-order valence-electron chi connectivity index (χ1n) is 9.50. The third kappa shape index (κ3) is 7.16. The number of aromatic nitrogens is 2. The van der Waals surface area contributed by atoms with Gasteiger partial charge in [-0.3, -0.25) is 4.79 Å². The van der Waals surface area contributed by atoms with Gasteiger partial charge in [-0.1, -0.05) is 28.8 Å². The van der Waals surface area contributed by atoms with Crippen molar-refractivity contribution in [3.8, 4) is 6.07 Å². The van der Waals surface area contributed by atoms with Crippen LogP contribution in [0.4, 0.5) is 10.4 Å². The molecule has 0 aliphatic heterocycles. The minimum Gasteiger partial charge on any atom is -0.406 e. The molecule has 3 aromatic rings. The second kappa shape index (κ2) is 10.8. The van der Waals surface area contributed by atoms with Gasteiger partial charge in [-0.15, -0.1) is 16.9 Å². The van der Waals surface area contributed by atoms with Gasteiger partial charge in [0.25, 0.3) is 0 Å². The van der Waals surface area contributed by atoms with Crippen LogP contribution in [0.15, 0.2) is 45.7 Å². The number of hydrogen-bond acceptors (Lipinski definition) is 9. The summed E-state index contributed by atoms with van der Waals surface area (Å²) in [6, 6.07) is 10.2. The summed E-state index contributed by atoms with van der Waals surface area (Å²) < 4.78 is 42.3. The number of carbonyl (C=O) groups is 1. The molecule has 0 spiro atoms. The number of nitrogens with two attached hydrogens (primary N) is 2. The lowest BCUT2D eigenvalue weighted by Gasteiger charge is -2.21. The highest BCUT2D eigenvalue weighted by molar-refractivity contribution is 8.00. The number of primary sulfonamides is 1. The van der Waals surface area contributed by atoms with Crippen molar-refractivity contribution in [2.45, 2.75) is 23.7 Å². The number of anilines is 1. The molecule has 34 heavy (non-hydrogen) atoms. The normalized spacial score (nSPS) is 11.2. The number of hydrogen-bond donors (Lipinski definition) is 2. The van der Waals surface area contributed by atoms with Crippen molar-refractivity contribution in [2.75, 3.05) is 11.5 Å². The molecular weight excluding hydrogens is 507 g/mol. The molecule has 178 valence electrons. The highest BCUT2D eigenvalue weighted by Crippen LogP contribution is 2.29. The van der Waals surface area contributed by atoms with Crippen molar-refractivity contribution in [1.82, 2.24) is 15.1 Å². The Balaban J connectivity index is 1.79. The molecule has 10 nitrogen and oxygen atoms in total. The Bertz CT molecular complexity index is 1360. The SMILES string of the molecule is N#Cc1ccc(CN(Cc2nnc(N)o2)C(=O)CSc2cc(CS(N)(=O)=O)ccc2Cl)c(F)c1.